The molecule has 0 aliphatic heterocycles. The summed E-state index contributed by atoms with van der Waals surface area (Å²) in [4.78, 5) is 24.4. The quantitative estimate of drug-likeness (QED) is 0.662. The number of rotatable bonds is 6. The van der Waals surface area contributed by atoms with E-state index >= 15 is 0 Å². The molecule has 0 saturated carbocycles. The van der Waals surface area contributed by atoms with E-state index in [2.05, 4.69) is 21.2 Å². The standard InChI is InChI=1S/C16H17BrClN3O3.ClH/c1-24-16(23)13-8-12(17)14(21(13)7-6-19)15(22)20-9-10-2-4-11(18)5-3-10;/h2-5,8H,6-7,9,19H2,1H3,(H,20,22);1H. The third-order valence-corrected chi connectivity index (χ3v) is 4.24. The van der Waals surface area contributed by atoms with Gasteiger partial charge in [-0.15, -0.1) is 12.4 Å². The molecule has 0 bridgehead atoms. The number of nitrogens with one attached hydrogen (secondary N) is 1. The first-order chi connectivity index (χ1) is 11.5. The molecule has 0 aliphatic rings. The van der Waals surface area contributed by atoms with Crippen LogP contribution in [0.3, 0.4) is 0 Å². The number of esters is 1. The Morgan fingerprint density at radius 3 is 2.52 bits per heavy atom. The van der Waals surface area contributed by atoms with Crippen LogP contribution in [0, 0.1) is 0 Å². The molecule has 6 nitrogen and oxygen atoms in total. The van der Waals surface area contributed by atoms with E-state index in [1.54, 1.807) is 22.8 Å². The molecule has 2 rings (SSSR count). The van der Waals surface area contributed by atoms with Gasteiger partial charge in [0, 0.05) is 29.1 Å². The van der Waals surface area contributed by atoms with Crippen molar-refractivity contribution in [1.82, 2.24) is 9.88 Å². The Morgan fingerprint density at radius 1 is 1.32 bits per heavy atom. The maximum atomic E-state index is 12.5. The molecule has 136 valence electrons. The SMILES string of the molecule is COC(=O)c1cc(Br)c(C(=O)NCc2ccc(Cl)cc2)n1CCN.Cl. The summed E-state index contributed by atoms with van der Waals surface area (Å²) in [7, 11) is 1.29. The second kappa shape index (κ2) is 9.82. The highest BCUT2D eigenvalue weighted by Crippen LogP contribution is 2.23. The Hall–Kier alpha value is -1.54. The number of carbonyl (C=O) groups excluding carboxylic acids is 2. The third-order valence-electron chi connectivity index (χ3n) is 3.38. The van der Waals surface area contributed by atoms with Gasteiger partial charge in [-0.2, -0.15) is 0 Å². The summed E-state index contributed by atoms with van der Waals surface area (Å²) in [5.41, 5.74) is 7.11. The summed E-state index contributed by atoms with van der Waals surface area (Å²) in [6.07, 6.45) is 0. The predicted octanol–water partition coefficient (Wildman–Crippen LogP) is 3.00. The molecule has 25 heavy (non-hydrogen) atoms. The van der Waals surface area contributed by atoms with Gasteiger partial charge in [0.1, 0.15) is 11.4 Å². The molecule has 0 aliphatic carbocycles. The van der Waals surface area contributed by atoms with Crippen LogP contribution in [0.1, 0.15) is 26.5 Å². The van der Waals surface area contributed by atoms with Gasteiger partial charge in [0.25, 0.3) is 5.91 Å². The highest BCUT2D eigenvalue weighted by Gasteiger charge is 2.23. The summed E-state index contributed by atoms with van der Waals surface area (Å²) >= 11 is 9.16. The van der Waals surface area contributed by atoms with Gasteiger partial charge < -0.3 is 20.4 Å². The van der Waals surface area contributed by atoms with Crippen LogP contribution in [0.5, 0.6) is 0 Å². The normalized spacial score (nSPS) is 10.1. The summed E-state index contributed by atoms with van der Waals surface area (Å²) in [6.45, 7) is 0.937. The molecule has 1 amide bonds. The number of amides is 1. The molecule has 0 unspecified atom stereocenters. The molecule has 0 saturated heterocycles. The number of carbonyl (C=O) groups is 2. The zero-order valence-corrected chi connectivity index (χ0v) is 16.6. The molecule has 9 heteroatoms. The molecular formula is C16H18BrCl2N3O3. The fourth-order valence-electron chi connectivity index (χ4n) is 2.25. The van der Waals surface area contributed by atoms with E-state index < -0.39 is 5.97 Å². The first-order valence-corrected chi connectivity index (χ1v) is 8.35. The van der Waals surface area contributed by atoms with Crippen LogP contribution in [-0.2, 0) is 17.8 Å². The number of hydrogen-bond acceptors (Lipinski definition) is 4. The number of ether oxygens (including phenoxy) is 1. The van der Waals surface area contributed by atoms with Crippen LogP contribution in [0.2, 0.25) is 5.02 Å². The molecule has 2 aromatic rings. The predicted molar refractivity (Wildman–Crippen MR) is 102 cm³/mol. The number of nitrogens with two attached hydrogens (primary N) is 1. The second-order valence-electron chi connectivity index (χ2n) is 4.97. The monoisotopic (exact) mass is 449 g/mol. The maximum absolute atomic E-state index is 12.5. The molecule has 0 radical (unpaired) electrons. The number of benzene rings is 1. The van der Waals surface area contributed by atoms with E-state index in [4.69, 9.17) is 22.1 Å². The average molecular weight is 451 g/mol. The van der Waals surface area contributed by atoms with Gasteiger partial charge in [0.05, 0.1) is 7.11 Å². The van der Waals surface area contributed by atoms with Crippen LogP contribution >= 0.6 is 39.9 Å². The van der Waals surface area contributed by atoms with Crippen molar-refractivity contribution >= 4 is 51.8 Å². The Labute approximate surface area is 165 Å². The lowest BCUT2D eigenvalue weighted by Crippen LogP contribution is -2.28. The van der Waals surface area contributed by atoms with E-state index in [-0.39, 0.29) is 30.6 Å². The lowest BCUT2D eigenvalue weighted by molar-refractivity contribution is 0.0588. The Balaban J connectivity index is 0.00000312. The summed E-state index contributed by atoms with van der Waals surface area (Å²) in [5.74, 6) is -0.846. The van der Waals surface area contributed by atoms with Gasteiger partial charge >= 0.3 is 5.97 Å². The fraction of sp³-hybridized carbons (Fsp3) is 0.250. The van der Waals surface area contributed by atoms with E-state index in [9.17, 15) is 9.59 Å². The molecular weight excluding hydrogens is 433 g/mol. The highest BCUT2D eigenvalue weighted by molar-refractivity contribution is 9.10. The van der Waals surface area contributed by atoms with Crippen molar-refractivity contribution in [2.45, 2.75) is 13.1 Å². The molecule has 0 fully saturated rings. The third kappa shape index (κ3) is 5.22. The molecule has 1 aromatic heterocycles. The highest BCUT2D eigenvalue weighted by atomic mass is 79.9. The van der Waals surface area contributed by atoms with Crippen molar-refractivity contribution in [2.75, 3.05) is 13.7 Å². The molecule has 0 atom stereocenters. The van der Waals surface area contributed by atoms with Crippen LogP contribution in [0.15, 0.2) is 34.8 Å². The largest absolute Gasteiger partial charge is 0.464 e. The summed E-state index contributed by atoms with van der Waals surface area (Å²) < 4.78 is 6.80. The van der Waals surface area contributed by atoms with Crippen molar-refractivity contribution < 1.29 is 14.3 Å². The van der Waals surface area contributed by atoms with Crippen LogP contribution < -0.4 is 11.1 Å². The van der Waals surface area contributed by atoms with Gasteiger partial charge in [0.15, 0.2) is 0 Å². The number of aromatic nitrogens is 1. The number of nitrogens with zero attached hydrogens (tertiary/aromatic N) is 1. The van der Waals surface area contributed by atoms with Gasteiger partial charge in [-0.3, -0.25) is 4.79 Å². The van der Waals surface area contributed by atoms with Gasteiger partial charge in [0.2, 0.25) is 0 Å². The average Bonchev–Trinajstić information content (AvgIpc) is 2.90. The number of hydrogen-bond donors (Lipinski definition) is 2. The minimum absolute atomic E-state index is 0. The van der Waals surface area contributed by atoms with Gasteiger partial charge in [-0.1, -0.05) is 23.7 Å². The minimum atomic E-state index is -0.527. The van der Waals surface area contributed by atoms with E-state index in [0.29, 0.717) is 28.3 Å². The Morgan fingerprint density at radius 2 is 1.96 bits per heavy atom. The van der Waals surface area contributed by atoms with Crippen molar-refractivity contribution in [2.24, 2.45) is 5.73 Å². The van der Waals surface area contributed by atoms with Crippen molar-refractivity contribution in [3.8, 4) is 0 Å². The molecule has 1 heterocycles. The van der Waals surface area contributed by atoms with Crippen molar-refractivity contribution in [1.29, 1.82) is 0 Å². The molecule has 3 N–H and O–H groups in total. The van der Waals surface area contributed by atoms with E-state index in [0.717, 1.165) is 5.56 Å². The topological polar surface area (TPSA) is 86.4 Å². The second-order valence-corrected chi connectivity index (χ2v) is 6.26. The van der Waals surface area contributed by atoms with E-state index in [1.807, 2.05) is 12.1 Å². The first kappa shape index (κ1) is 21.5. The lowest BCUT2D eigenvalue weighted by Gasteiger charge is -2.12. The van der Waals surface area contributed by atoms with Crippen molar-refractivity contribution in [3.63, 3.8) is 0 Å². The Kier molecular flexibility index (Phi) is 8.44. The zero-order chi connectivity index (χ0) is 17.7. The van der Waals surface area contributed by atoms with Crippen LogP contribution in [0.4, 0.5) is 0 Å². The maximum Gasteiger partial charge on any atom is 0.354 e. The van der Waals surface area contributed by atoms with Crippen molar-refractivity contribution in [3.05, 3.63) is 56.8 Å². The Bertz CT molecular complexity index is 748. The fourth-order valence-corrected chi connectivity index (χ4v) is 2.99. The molecule has 1 aromatic carbocycles. The van der Waals surface area contributed by atoms with Crippen LogP contribution in [0.25, 0.3) is 0 Å². The summed E-state index contributed by atoms with van der Waals surface area (Å²) in [5, 5.41) is 3.45. The first-order valence-electron chi connectivity index (χ1n) is 7.18. The van der Waals surface area contributed by atoms with Gasteiger partial charge in [-0.05, 0) is 39.7 Å². The smallest absolute Gasteiger partial charge is 0.354 e. The number of halogens is 3. The van der Waals surface area contributed by atoms with Gasteiger partial charge in [-0.25, -0.2) is 4.79 Å². The minimum Gasteiger partial charge on any atom is -0.464 e. The number of methoxy groups -OCH3 is 1. The van der Waals surface area contributed by atoms with E-state index in [1.165, 1.54) is 7.11 Å². The van der Waals surface area contributed by atoms with Crippen LogP contribution in [-0.4, -0.2) is 30.1 Å². The summed E-state index contributed by atoms with van der Waals surface area (Å²) in [6, 6.07) is 8.72. The zero-order valence-electron chi connectivity index (χ0n) is 13.4. The lowest BCUT2D eigenvalue weighted by atomic mass is 10.2. The molecule has 0 spiro atoms.